The maximum Gasteiger partial charge on any atom is 0.227 e. The highest BCUT2D eigenvalue weighted by atomic mass is 16.3. The summed E-state index contributed by atoms with van der Waals surface area (Å²) in [7, 11) is 1.76. The van der Waals surface area contributed by atoms with Gasteiger partial charge < -0.3 is 15.3 Å². The zero-order chi connectivity index (χ0) is 18.0. The predicted molar refractivity (Wildman–Crippen MR) is 97.4 cm³/mol. The van der Waals surface area contributed by atoms with Crippen LogP contribution < -0.4 is 10.2 Å². The predicted octanol–water partition coefficient (Wildman–Crippen LogP) is 2.83. The van der Waals surface area contributed by atoms with Gasteiger partial charge in [-0.1, -0.05) is 30.3 Å². The molecule has 0 saturated heterocycles. The number of hydrogen-bond acceptors (Lipinski definition) is 3. The van der Waals surface area contributed by atoms with Gasteiger partial charge in [0.05, 0.1) is 12.0 Å². The Morgan fingerprint density at radius 2 is 1.92 bits per heavy atom. The summed E-state index contributed by atoms with van der Waals surface area (Å²) in [5.41, 5.74) is 2.07. The number of amides is 2. The SMILES string of the molecule is CN1C(=O)CCc2cc(NC(=O)CC(C)(O)c3ccccc3)ccc21. The van der Waals surface area contributed by atoms with Crippen LogP contribution >= 0.6 is 0 Å². The molecule has 0 saturated carbocycles. The third-order valence-corrected chi connectivity index (χ3v) is 4.61. The van der Waals surface area contributed by atoms with Crippen LogP contribution in [0.3, 0.4) is 0 Å². The number of nitrogens with zero attached hydrogens (tertiary/aromatic N) is 1. The fourth-order valence-electron chi connectivity index (χ4n) is 3.15. The first-order valence-electron chi connectivity index (χ1n) is 8.34. The first-order valence-corrected chi connectivity index (χ1v) is 8.34. The molecular formula is C20H22N2O3. The monoisotopic (exact) mass is 338 g/mol. The molecule has 1 unspecified atom stereocenters. The second-order valence-electron chi connectivity index (χ2n) is 6.66. The largest absolute Gasteiger partial charge is 0.385 e. The zero-order valence-corrected chi connectivity index (χ0v) is 14.5. The molecule has 25 heavy (non-hydrogen) atoms. The quantitative estimate of drug-likeness (QED) is 0.901. The minimum absolute atomic E-state index is 0.0352. The Morgan fingerprint density at radius 1 is 1.20 bits per heavy atom. The molecule has 130 valence electrons. The first-order chi connectivity index (χ1) is 11.9. The van der Waals surface area contributed by atoms with Crippen molar-refractivity contribution in [1.82, 2.24) is 0 Å². The summed E-state index contributed by atoms with van der Waals surface area (Å²) in [5.74, 6) is -0.155. The molecule has 0 radical (unpaired) electrons. The Labute approximate surface area is 147 Å². The van der Waals surface area contributed by atoms with Crippen LogP contribution in [0.25, 0.3) is 0 Å². The standard InChI is InChI=1S/C20H22N2O3/c1-20(25,15-6-4-3-5-7-15)13-18(23)21-16-9-10-17-14(12-16)8-11-19(24)22(17)2/h3-7,9-10,12,25H,8,11,13H2,1-2H3,(H,21,23). The molecule has 0 bridgehead atoms. The minimum atomic E-state index is -1.23. The van der Waals surface area contributed by atoms with Crippen molar-refractivity contribution in [2.45, 2.75) is 31.8 Å². The van der Waals surface area contributed by atoms with Crippen LogP contribution in [0.4, 0.5) is 11.4 Å². The van der Waals surface area contributed by atoms with E-state index in [2.05, 4.69) is 5.32 Å². The third-order valence-electron chi connectivity index (χ3n) is 4.61. The lowest BCUT2D eigenvalue weighted by Gasteiger charge is -2.26. The number of hydrogen-bond donors (Lipinski definition) is 2. The van der Waals surface area contributed by atoms with Crippen LogP contribution in [-0.2, 0) is 21.6 Å². The van der Waals surface area contributed by atoms with Crippen molar-refractivity contribution < 1.29 is 14.7 Å². The number of nitrogens with one attached hydrogen (secondary N) is 1. The number of carbonyl (C=O) groups excluding carboxylic acids is 2. The van der Waals surface area contributed by atoms with E-state index >= 15 is 0 Å². The summed E-state index contributed by atoms with van der Waals surface area (Å²) >= 11 is 0. The number of rotatable bonds is 4. The van der Waals surface area contributed by atoms with Crippen LogP contribution in [0.15, 0.2) is 48.5 Å². The second-order valence-corrected chi connectivity index (χ2v) is 6.66. The van der Waals surface area contributed by atoms with Gasteiger partial charge in [-0.2, -0.15) is 0 Å². The molecular weight excluding hydrogens is 316 g/mol. The summed E-state index contributed by atoms with van der Waals surface area (Å²) in [6, 6.07) is 14.7. The van der Waals surface area contributed by atoms with E-state index in [1.807, 2.05) is 30.3 Å². The van der Waals surface area contributed by atoms with Gasteiger partial charge in [-0.05, 0) is 42.7 Å². The molecule has 1 aliphatic rings. The lowest BCUT2D eigenvalue weighted by atomic mass is 9.92. The van der Waals surface area contributed by atoms with Gasteiger partial charge in [0.25, 0.3) is 0 Å². The second kappa shape index (κ2) is 6.69. The highest BCUT2D eigenvalue weighted by Crippen LogP contribution is 2.30. The normalized spacial score (nSPS) is 16.1. The summed E-state index contributed by atoms with van der Waals surface area (Å²) in [6.45, 7) is 1.63. The first kappa shape index (κ1) is 17.2. The molecule has 2 aromatic rings. The molecule has 2 aromatic carbocycles. The highest BCUT2D eigenvalue weighted by molar-refractivity contribution is 5.97. The van der Waals surface area contributed by atoms with Crippen LogP contribution in [0, 0.1) is 0 Å². The van der Waals surface area contributed by atoms with E-state index in [0.29, 0.717) is 24.1 Å². The van der Waals surface area contributed by atoms with Crippen LogP contribution in [0.1, 0.15) is 30.9 Å². The summed E-state index contributed by atoms with van der Waals surface area (Å²) < 4.78 is 0. The molecule has 1 atom stereocenters. The molecule has 0 fully saturated rings. The molecule has 3 rings (SSSR count). The summed E-state index contributed by atoms with van der Waals surface area (Å²) in [5, 5.41) is 13.4. The number of anilines is 2. The third kappa shape index (κ3) is 3.72. The van der Waals surface area contributed by atoms with Crippen LogP contribution in [0.5, 0.6) is 0 Å². The average molecular weight is 338 g/mol. The van der Waals surface area contributed by atoms with Gasteiger partial charge in [-0.3, -0.25) is 9.59 Å². The van der Waals surface area contributed by atoms with Crippen molar-refractivity contribution in [3.8, 4) is 0 Å². The minimum Gasteiger partial charge on any atom is -0.385 e. The van der Waals surface area contributed by atoms with E-state index in [0.717, 1.165) is 11.3 Å². The van der Waals surface area contributed by atoms with Gasteiger partial charge in [0, 0.05) is 24.8 Å². The van der Waals surface area contributed by atoms with Gasteiger partial charge in [-0.15, -0.1) is 0 Å². The van der Waals surface area contributed by atoms with Crippen molar-refractivity contribution in [1.29, 1.82) is 0 Å². The molecule has 5 nitrogen and oxygen atoms in total. The molecule has 5 heteroatoms. The summed E-state index contributed by atoms with van der Waals surface area (Å²) in [6.07, 6.45) is 1.11. The molecule has 0 aliphatic carbocycles. The molecule has 2 amide bonds. The van der Waals surface area contributed by atoms with E-state index in [9.17, 15) is 14.7 Å². The topological polar surface area (TPSA) is 69.6 Å². The van der Waals surface area contributed by atoms with Crippen molar-refractivity contribution in [3.05, 3.63) is 59.7 Å². The van der Waals surface area contributed by atoms with Crippen LogP contribution in [-0.4, -0.2) is 24.0 Å². The Bertz CT molecular complexity index is 800. The number of benzene rings is 2. The Kier molecular flexibility index (Phi) is 4.59. The number of aryl methyl sites for hydroxylation is 1. The number of aliphatic hydroxyl groups is 1. The van der Waals surface area contributed by atoms with Crippen molar-refractivity contribution in [2.24, 2.45) is 0 Å². The van der Waals surface area contributed by atoms with Gasteiger partial charge in [0.2, 0.25) is 11.8 Å². The molecule has 2 N–H and O–H groups in total. The number of fused-ring (bicyclic) bond motifs is 1. The van der Waals surface area contributed by atoms with E-state index in [-0.39, 0.29) is 18.2 Å². The highest BCUT2D eigenvalue weighted by Gasteiger charge is 2.27. The van der Waals surface area contributed by atoms with Crippen molar-refractivity contribution in [3.63, 3.8) is 0 Å². The molecule has 1 aliphatic heterocycles. The van der Waals surface area contributed by atoms with Gasteiger partial charge in [0.15, 0.2) is 0 Å². The van der Waals surface area contributed by atoms with E-state index in [1.54, 1.807) is 37.1 Å². The Morgan fingerprint density at radius 3 is 2.64 bits per heavy atom. The Hall–Kier alpha value is -2.66. The average Bonchev–Trinajstić information content (AvgIpc) is 2.58. The molecule has 0 spiro atoms. The lowest BCUT2D eigenvalue weighted by Crippen LogP contribution is -2.31. The number of carbonyl (C=O) groups is 2. The molecule has 0 aromatic heterocycles. The fourth-order valence-corrected chi connectivity index (χ4v) is 3.15. The maximum atomic E-state index is 12.4. The smallest absolute Gasteiger partial charge is 0.227 e. The van der Waals surface area contributed by atoms with Crippen molar-refractivity contribution >= 4 is 23.2 Å². The Balaban J connectivity index is 1.71. The van der Waals surface area contributed by atoms with E-state index < -0.39 is 5.60 Å². The van der Waals surface area contributed by atoms with Gasteiger partial charge >= 0.3 is 0 Å². The van der Waals surface area contributed by atoms with Crippen molar-refractivity contribution in [2.75, 3.05) is 17.3 Å². The molecule has 1 heterocycles. The fraction of sp³-hybridized carbons (Fsp3) is 0.300. The van der Waals surface area contributed by atoms with E-state index in [4.69, 9.17) is 0 Å². The van der Waals surface area contributed by atoms with Gasteiger partial charge in [0.1, 0.15) is 0 Å². The zero-order valence-electron chi connectivity index (χ0n) is 14.5. The lowest BCUT2D eigenvalue weighted by molar-refractivity contribution is -0.121. The van der Waals surface area contributed by atoms with E-state index in [1.165, 1.54) is 0 Å². The van der Waals surface area contributed by atoms with Crippen LogP contribution in [0.2, 0.25) is 0 Å². The summed E-state index contributed by atoms with van der Waals surface area (Å²) in [4.78, 5) is 25.7. The van der Waals surface area contributed by atoms with Gasteiger partial charge in [-0.25, -0.2) is 0 Å². The maximum absolute atomic E-state index is 12.4.